The third kappa shape index (κ3) is 2.30. The molecule has 0 bridgehead atoms. The molecule has 3 rings (SSSR count). The van der Waals surface area contributed by atoms with Crippen molar-refractivity contribution >= 4 is 5.82 Å². The molecular formula is C15H14FN3O. The molecule has 102 valence electrons. The Bertz CT molecular complexity index is 728. The molecule has 0 aliphatic carbocycles. The zero-order valence-corrected chi connectivity index (χ0v) is 11.0. The number of halogens is 1. The average Bonchev–Trinajstić information content (AvgIpc) is 2.99. The number of hydrogen-bond donors (Lipinski definition) is 1. The van der Waals surface area contributed by atoms with Gasteiger partial charge < -0.3 is 10.2 Å². The van der Waals surface area contributed by atoms with Gasteiger partial charge in [-0.2, -0.15) is 5.10 Å². The summed E-state index contributed by atoms with van der Waals surface area (Å²) in [5, 5.41) is 4.47. The van der Waals surface area contributed by atoms with Crippen LogP contribution in [-0.2, 0) is 6.54 Å². The molecule has 0 saturated carbocycles. The third-order valence-electron chi connectivity index (χ3n) is 3.19. The van der Waals surface area contributed by atoms with E-state index in [0.717, 1.165) is 22.6 Å². The fourth-order valence-electron chi connectivity index (χ4n) is 2.10. The van der Waals surface area contributed by atoms with E-state index >= 15 is 0 Å². The normalized spacial score (nSPS) is 10.9. The maximum Gasteiger partial charge on any atom is 0.123 e. The summed E-state index contributed by atoms with van der Waals surface area (Å²) in [6, 6.07) is 9.96. The smallest absolute Gasteiger partial charge is 0.123 e. The largest absolute Gasteiger partial charge is 0.469 e. The molecule has 0 spiro atoms. The zero-order chi connectivity index (χ0) is 14.1. The Labute approximate surface area is 115 Å². The molecule has 3 aromatic rings. The molecular weight excluding hydrogens is 257 g/mol. The molecule has 5 heteroatoms. The van der Waals surface area contributed by atoms with Crippen molar-refractivity contribution in [1.29, 1.82) is 0 Å². The minimum Gasteiger partial charge on any atom is -0.469 e. The quantitative estimate of drug-likeness (QED) is 0.795. The van der Waals surface area contributed by atoms with Crippen molar-refractivity contribution in [3.8, 4) is 11.3 Å². The van der Waals surface area contributed by atoms with Crippen LogP contribution in [-0.4, -0.2) is 9.78 Å². The molecule has 2 N–H and O–H groups in total. The zero-order valence-electron chi connectivity index (χ0n) is 11.0. The van der Waals surface area contributed by atoms with Crippen LogP contribution in [0, 0.1) is 12.7 Å². The first kappa shape index (κ1) is 12.5. The number of aromatic nitrogens is 2. The second kappa shape index (κ2) is 4.85. The lowest BCUT2D eigenvalue weighted by atomic mass is 10.2. The Hall–Kier alpha value is -2.56. The predicted octanol–water partition coefficient (Wildman–Crippen LogP) is 3.22. The predicted molar refractivity (Wildman–Crippen MR) is 74.6 cm³/mol. The van der Waals surface area contributed by atoms with Gasteiger partial charge >= 0.3 is 0 Å². The van der Waals surface area contributed by atoms with Crippen molar-refractivity contribution in [2.24, 2.45) is 0 Å². The van der Waals surface area contributed by atoms with Crippen LogP contribution in [0.2, 0.25) is 0 Å². The number of aryl methyl sites for hydroxylation is 1. The van der Waals surface area contributed by atoms with Crippen LogP contribution in [0.3, 0.4) is 0 Å². The van der Waals surface area contributed by atoms with Crippen molar-refractivity contribution in [2.45, 2.75) is 13.5 Å². The van der Waals surface area contributed by atoms with E-state index in [-0.39, 0.29) is 5.82 Å². The minimum atomic E-state index is -0.253. The van der Waals surface area contributed by atoms with Gasteiger partial charge in [0.05, 0.1) is 18.5 Å². The van der Waals surface area contributed by atoms with Crippen molar-refractivity contribution < 1.29 is 8.81 Å². The number of rotatable bonds is 3. The molecule has 0 fully saturated rings. The first-order valence-electron chi connectivity index (χ1n) is 6.26. The lowest BCUT2D eigenvalue weighted by Gasteiger charge is -2.04. The summed E-state index contributed by atoms with van der Waals surface area (Å²) in [6.45, 7) is 2.38. The van der Waals surface area contributed by atoms with Gasteiger partial charge in [0.2, 0.25) is 0 Å². The number of nitrogens with two attached hydrogens (primary N) is 1. The first-order valence-corrected chi connectivity index (χ1v) is 6.26. The van der Waals surface area contributed by atoms with Crippen LogP contribution < -0.4 is 5.73 Å². The van der Waals surface area contributed by atoms with Gasteiger partial charge in [0.15, 0.2) is 0 Å². The van der Waals surface area contributed by atoms with Gasteiger partial charge in [-0.05, 0) is 30.7 Å². The Morgan fingerprint density at radius 2 is 2.00 bits per heavy atom. The summed E-state index contributed by atoms with van der Waals surface area (Å²) in [7, 11) is 0. The molecule has 0 radical (unpaired) electrons. The van der Waals surface area contributed by atoms with Crippen LogP contribution >= 0.6 is 0 Å². The van der Waals surface area contributed by atoms with E-state index in [2.05, 4.69) is 5.10 Å². The van der Waals surface area contributed by atoms with Crippen LogP contribution in [0.5, 0.6) is 0 Å². The van der Waals surface area contributed by atoms with E-state index in [9.17, 15) is 4.39 Å². The lowest BCUT2D eigenvalue weighted by molar-refractivity contribution is 0.535. The Morgan fingerprint density at radius 1 is 1.25 bits per heavy atom. The molecule has 1 aromatic carbocycles. The highest BCUT2D eigenvalue weighted by Crippen LogP contribution is 2.25. The number of hydrogen-bond acceptors (Lipinski definition) is 3. The summed E-state index contributed by atoms with van der Waals surface area (Å²) in [6.07, 6.45) is 1.62. The number of benzene rings is 1. The lowest BCUT2D eigenvalue weighted by Crippen LogP contribution is -2.05. The molecule has 2 heterocycles. The SMILES string of the molecule is Cc1occc1-c1cc(N)n(Cc2ccc(F)cc2)n1. The number of nitrogen functional groups attached to an aromatic ring is 1. The van der Waals surface area contributed by atoms with Gasteiger partial charge in [0, 0.05) is 11.6 Å². The maximum absolute atomic E-state index is 12.9. The summed E-state index contributed by atoms with van der Waals surface area (Å²) in [5.74, 6) is 1.11. The minimum absolute atomic E-state index is 0.253. The Morgan fingerprint density at radius 3 is 2.65 bits per heavy atom. The highest BCUT2D eigenvalue weighted by Gasteiger charge is 2.11. The Balaban J connectivity index is 1.90. The topological polar surface area (TPSA) is 57.0 Å². The molecule has 0 atom stereocenters. The van der Waals surface area contributed by atoms with Crippen LogP contribution in [0.25, 0.3) is 11.3 Å². The van der Waals surface area contributed by atoms with Crippen molar-refractivity contribution in [3.05, 3.63) is 59.8 Å². The van der Waals surface area contributed by atoms with E-state index in [4.69, 9.17) is 10.2 Å². The van der Waals surface area contributed by atoms with Crippen LogP contribution in [0.4, 0.5) is 10.2 Å². The van der Waals surface area contributed by atoms with Gasteiger partial charge in [-0.15, -0.1) is 0 Å². The van der Waals surface area contributed by atoms with Gasteiger partial charge in [-0.25, -0.2) is 9.07 Å². The second-order valence-electron chi connectivity index (χ2n) is 4.63. The van der Waals surface area contributed by atoms with E-state index < -0.39 is 0 Å². The van der Waals surface area contributed by atoms with Gasteiger partial charge in [-0.1, -0.05) is 12.1 Å². The second-order valence-corrected chi connectivity index (χ2v) is 4.63. The standard InChI is InChI=1S/C15H14FN3O/c1-10-13(6-7-20-10)14-8-15(17)19(18-14)9-11-2-4-12(16)5-3-11/h2-8H,9,17H2,1H3. The fourth-order valence-corrected chi connectivity index (χ4v) is 2.10. The number of furan rings is 1. The Kier molecular flexibility index (Phi) is 3.02. The van der Waals surface area contributed by atoms with Crippen LogP contribution in [0.15, 0.2) is 47.1 Å². The molecule has 4 nitrogen and oxygen atoms in total. The molecule has 20 heavy (non-hydrogen) atoms. The van der Waals surface area contributed by atoms with Crippen molar-refractivity contribution in [1.82, 2.24) is 9.78 Å². The van der Waals surface area contributed by atoms with Crippen LogP contribution in [0.1, 0.15) is 11.3 Å². The highest BCUT2D eigenvalue weighted by atomic mass is 19.1. The van der Waals surface area contributed by atoms with E-state index in [1.807, 2.05) is 13.0 Å². The van der Waals surface area contributed by atoms with E-state index in [0.29, 0.717) is 12.4 Å². The third-order valence-corrected chi connectivity index (χ3v) is 3.19. The molecule has 0 unspecified atom stereocenters. The maximum atomic E-state index is 12.9. The summed E-state index contributed by atoms with van der Waals surface area (Å²) in [4.78, 5) is 0. The van der Waals surface area contributed by atoms with E-state index in [1.54, 1.807) is 29.1 Å². The fraction of sp³-hybridized carbons (Fsp3) is 0.133. The molecule has 0 aliphatic rings. The van der Waals surface area contributed by atoms with Gasteiger partial charge in [0.25, 0.3) is 0 Å². The molecule has 0 amide bonds. The summed E-state index contributed by atoms with van der Waals surface area (Å²) >= 11 is 0. The summed E-state index contributed by atoms with van der Waals surface area (Å²) < 4.78 is 19.8. The highest BCUT2D eigenvalue weighted by molar-refractivity contribution is 5.63. The number of nitrogens with zero attached hydrogens (tertiary/aromatic N) is 2. The molecule has 0 saturated heterocycles. The monoisotopic (exact) mass is 271 g/mol. The van der Waals surface area contributed by atoms with Crippen molar-refractivity contribution in [2.75, 3.05) is 5.73 Å². The summed E-state index contributed by atoms with van der Waals surface area (Å²) in [5.41, 5.74) is 8.61. The van der Waals surface area contributed by atoms with Gasteiger partial charge in [0.1, 0.15) is 17.4 Å². The van der Waals surface area contributed by atoms with Gasteiger partial charge in [-0.3, -0.25) is 0 Å². The average molecular weight is 271 g/mol. The molecule has 2 aromatic heterocycles. The van der Waals surface area contributed by atoms with Crippen molar-refractivity contribution in [3.63, 3.8) is 0 Å². The van der Waals surface area contributed by atoms with E-state index in [1.165, 1.54) is 12.1 Å². The molecule has 0 aliphatic heterocycles. The number of anilines is 1. The first-order chi connectivity index (χ1) is 9.63.